The number of hydrogen-bond donors (Lipinski definition) is 2. The van der Waals surface area contributed by atoms with E-state index in [9.17, 15) is 9.90 Å². The van der Waals surface area contributed by atoms with Gasteiger partial charge in [0.25, 0.3) is 0 Å². The molecule has 1 fully saturated rings. The predicted molar refractivity (Wildman–Crippen MR) is 84.3 cm³/mol. The molecule has 0 saturated heterocycles. The smallest absolute Gasteiger partial charge is 0.236 e. The van der Waals surface area contributed by atoms with Crippen LogP contribution in [0.1, 0.15) is 36.1 Å². The van der Waals surface area contributed by atoms with E-state index >= 15 is 0 Å². The highest BCUT2D eigenvalue weighted by molar-refractivity contribution is 7.10. The Morgan fingerprint density at radius 2 is 2.24 bits per heavy atom. The largest absolute Gasteiger partial charge is 0.396 e. The molecule has 1 amide bonds. The molecule has 2 aliphatic rings. The highest BCUT2D eigenvalue weighted by atomic mass is 32.1. The number of fused-ring (bicyclic) bond motifs is 1. The summed E-state index contributed by atoms with van der Waals surface area (Å²) in [5, 5.41) is 15.0. The fourth-order valence-corrected chi connectivity index (χ4v) is 4.41. The molecule has 3 rings (SSSR count). The Morgan fingerprint density at radius 3 is 3.00 bits per heavy atom. The van der Waals surface area contributed by atoms with Crippen LogP contribution in [-0.4, -0.2) is 42.2 Å². The van der Waals surface area contributed by atoms with Crippen LogP contribution in [0.2, 0.25) is 0 Å². The normalized spacial score (nSPS) is 20.5. The van der Waals surface area contributed by atoms with Crippen LogP contribution in [0.4, 0.5) is 0 Å². The molecule has 0 spiro atoms. The molecule has 0 radical (unpaired) electrons. The van der Waals surface area contributed by atoms with Crippen molar-refractivity contribution in [1.82, 2.24) is 10.2 Å². The lowest BCUT2D eigenvalue weighted by atomic mass is 9.87. The number of nitrogens with zero attached hydrogens (tertiary/aromatic N) is 1. The molecule has 21 heavy (non-hydrogen) atoms. The van der Waals surface area contributed by atoms with E-state index in [4.69, 9.17) is 0 Å². The lowest BCUT2D eigenvalue weighted by Crippen LogP contribution is -2.44. The van der Waals surface area contributed by atoms with Gasteiger partial charge in [0, 0.05) is 36.5 Å². The van der Waals surface area contributed by atoms with E-state index in [1.54, 1.807) is 11.3 Å². The van der Waals surface area contributed by atoms with Gasteiger partial charge in [0.05, 0.1) is 6.54 Å². The summed E-state index contributed by atoms with van der Waals surface area (Å²) in [5.74, 6) is 0.179. The third kappa shape index (κ3) is 3.30. The number of nitrogens with one attached hydrogen (secondary N) is 1. The molecule has 5 heteroatoms. The van der Waals surface area contributed by atoms with Gasteiger partial charge < -0.3 is 15.3 Å². The predicted octanol–water partition coefficient (Wildman–Crippen LogP) is 1.78. The lowest BCUT2D eigenvalue weighted by Gasteiger charge is -2.29. The van der Waals surface area contributed by atoms with Gasteiger partial charge in [0.1, 0.15) is 0 Å². The fourth-order valence-electron chi connectivity index (χ4n) is 3.52. The molecule has 0 atom stereocenters. The molecule has 1 aromatic heterocycles. The second-order valence-electron chi connectivity index (χ2n) is 6.40. The SMILES string of the molecule is O=C(CNCC1(CO)CCCC1)N1CCc2sccc2C1. The summed E-state index contributed by atoms with van der Waals surface area (Å²) in [6.45, 7) is 2.97. The highest BCUT2D eigenvalue weighted by Gasteiger charge is 2.33. The zero-order chi connectivity index (χ0) is 14.7. The molecule has 0 unspecified atom stereocenters. The van der Waals surface area contributed by atoms with E-state index in [0.29, 0.717) is 6.54 Å². The van der Waals surface area contributed by atoms with Crippen molar-refractivity contribution in [3.05, 3.63) is 21.9 Å². The number of amides is 1. The Labute approximate surface area is 130 Å². The summed E-state index contributed by atoms with van der Waals surface area (Å²) in [6.07, 6.45) is 5.53. The number of hydrogen-bond acceptors (Lipinski definition) is 4. The minimum Gasteiger partial charge on any atom is -0.396 e. The van der Waals surface area contributed by atoms with Gasteiger partial charge in [-0.15, -0.1) is 11.3 Å². The van der Waals surface area contributed by atoms with Crippen molar-refractivity contribution in [2.24, 2.45) is 5.41 Å². The van der Waals surface area contributed by atoms with E-state index in [2.05, 4.69) is 16.8 Å². The number of rotatable bonds is 5. The zero-order valence-corrected chi connectivity index (χ0v) is 13.3. The Morgan fingerprint density at radius 1 is 1.43 bits per heavy atom. The molecule has 1 aliphatic carbocycles. The van der Waals surface area contributed by atoms with Crippen LogP contribution in [0.3, 0.4) is 0 Å². The third-order valence-electron chi connectivity index (χ3n) is 4.94. The van der Waals surface area contributed by atoms with E-state index < -0.39 is 0 Å². The molecule has 1 saturated carbocycles. The van der Waals surface area contributed by atoms with Crippen molar-refractivity contribution >= 4 is 17.2 Å². The maximum atomic E-state index is 12.3. The van der Waals surface area contributed by atoms with Gasteiger partial charge in [-0.05, 0) is 36.3 Å². The molecular weight excluding hydrogens is 284 g/mol. The first-order chi connectivity index (χ1) is 10.2. The van der Waals surface area contributed by atoms with Gasteiger partial charge in [-0.1, -0.05) is 12.8 Å². The Bertz CT molecular complexity index is 494. The zero-order valence-electron chi connectivity index (χ0n) is 12.4. The average Bonchev–Trinajstić information content (AvgIpc) is 3.15. The minimum atomic E-state index is 0.0166. The summed E-state index contributed by atoms with van der Waals surface area (Å²) < 4.78 is 0. The number of thiophene rings is 1. The second kappa shape index (κ2) is 6.46. The summed E-state index contributed by atoms with van der Waals surface area (Å²) in [6, 6.07) is 2.13. The van der Waals surface area contributed by atoms with E-state index in [1.165, 1.54) is 23.3 Å². The molecule has 0 bridgehead atoms. The van der Waals surface area contributed by atoms with Gasteiger partial charge in [-0.2, -0.15) is 0 Å². The summed E-state index contributed by atoms with van der Waals surface area (Å²) >= 11 is 1.79. The summed E-state index contributed by atoms with van der Waals surface area (Å²) in [7, 11) is 0. The topological polar surface area (TPSA) is 52.6 Å². The van der Waals surface area contributed by atoms with Crippen LogP contribution in [-0.2, 0) is 17.8 Å². The Hall–Kier alpha value is -0.910. The standard InChI is InChI=1S/C16H24N2O2S/c19-12-16(5-1-2-6-16)11-17-9-15(20)18-7-3-14-13(10-18)4-8-21-14/h4,8,17,19H,1-3,5-7,9-12H2. The number of aliphatic hydroxyl groups is 1. The third-order valence-corrected chi connectivity index (χ3v) is 5.96. The van der Waals surface area contributed by atoms with E-state index in [0.717, 1.165) is 38.9 Å². The van der Waals surface area contributed by atoms with E-state index in [-0.39, 0.29) is 17.9 Å². The summed E-state index contributed by atoms with van der Waals surface area (Å²) in [5.41, 5.74) is 1.32. The first kappa shape index (κ1) is 15.0. The molecule has 2 N–H and O–H groups in total. The van der Waals surface area contributed by atoms with E-state index in [1.807, 2.05) is 4.90 Å². The molecule has 1 aliphatic heterocycles. The summed E-state index contributed by atoms with van der Waals surface area (Å²) in [4.78, 5) is 15.7. The van der Waals surface area contributed by atoms with Crippen LogP contribution in [0.25, 0.3) is 0 Å². The van der Waals surface area contributed by atoms with Crippen LogP contribution in [0, 0.1) is 5.41 Å². The maximum absolute atomic E-state index is 12.3. The maximum Gasteiger partial charge on any atom is 0.236 e. The van der Waals surface area contributed by atoms with Crippen LogP contribution in [0.15, 0.2) is 11.4 Å². The molecule has 116 valence electrons. The van der Waals surface area contributed by atoms with Crippen molar-refractivity contribution in [1.29, 1.82) is 0 Å². The second-order valence-corrected chi connectivity index (χ2v) is 7.40. The van der Waals surface area contributed by atoms with Crippen LogP contribution < -0.4 is 5.32 Å². The first-order valence-corrected chi connectivity index (χ1v) is 8.75. The molecule has 0 aromatic carbocycles. The number of aliphatic hydroxyl groups excluding tert-OH is 1. The van der Waals surface area contributed by atoms with Crippen molar-refractivity contribution in [2.45, 2.75) is 38.6 Å². The quantitative estimate of drug-likeness (QED) is 0.872. The molecule has 2 heterocycles. The molecule has 1 aromatic rings. The molecule has 4 nitrogen and oxygen atoms in total. The van der Waals surface area contributed by atoms with Gasteiger partial charge in [0.2, 0.25) is 5.91 Å². The lowest BCUT2D eigenvalue weighted by molar-refractivity contribution is -0.131. The van der Waals surface area contributed by atoms with Gasteiger partial charge >= 0.3 is 0 Å². The Kier molecular flexibility index (Phi) is 4.62. The van der Waals surface area contributed by atoms with Crippen LogP contribution in [0.5, 0.6) is 0 Å². The number of carbonyl (C=O) groups is 1. The van der Waals surface area contributed by atoms with Gasteiger partial charge in [0.15, 0.2) is 0 Å². The van der Waals surface area contributed by atoms with Crippen LogP contribution >= 0.6 is 11.3 Å². The van der Waals surface area contributed by atoms with Gasteiger partial charge in [-0.3, -0.25) is 4.79 Å². The van der Waals surface area contributed by atoms with Crippen molar-refractivity contribution in [3.63, 3.8) is 0 Å². The monoisotopic (exact) mass is 308 g/mol. The minimum absolute atomic E-state index is 0.0166. The highest BCUT2D eigenvalue weighted by Crippen LogP contribution is 2.36. The van der Waals surface area contributed by atoms with Gasteiger partial charge in [-0.25, -0.2) is 0 Å². The Balaban J connectivity index is 1.47. The average molecular weight is 308 g/mol. The number of carbonyl (C=O) groups excluding carboxylic acids is 1. The first-order valence-electron chi connectivity index (χ1n) is 7.87. The van der Waals surface area contributed by atoms with Crippen molar-refractivity contribution in [2.75, 3.05) is 26.2 Å². The van der Waals surface area contributed by atoms with Crippen molar-refractivity contribution in [3.8, 4) is 0 Å². The van der Waals surface area contributed by atoms with Crippen molar-refractivity contribution < 1.29 is 9.90 Å². The fraction of sp³-hybridized carbons (Fsp3) is 0.688. The molecular formula is C16H24N2O2S.